The summed E-state index contributed by atoms with van der Waals surface area (Å²) in [5.41, 5.74) is 12.5. The second-order valence-electron chi connectivity index (χ2n) is 13.2. The SMILES string of the molecule is CC1(C)c2ccccc2-c2cc(-c3cc(-c4ccccc4)cc(B4OC(C)(C)C(C)(C)O4)c3-c3ccccc3)ccc21. The number of rotatable bonds is 4. The topological polar surface area (TPSA) is 18.5 Å². The van der Waals surface area contributed by atoms with Crippen molar-refractivity contribution in [1.82, 2.24) is 0 Å². The van der Waals surface area contributed by atoms with Crippen LogP contribution in [0.5, 0.6) is 0 Å². The highest BCUT2D eigenvalue weighted by Gasteiger charge is 2.52. The first-order valence-electron chi connectivity index (χ1n) is 15.0. The summed E-state index contributed by atoms with van der Waals surface area (Å²) in [5.74, 6) is 0. The molecule has 0 atom stereocenters. The maximum absolute atomic E-state index is 6.72. The molecule has 0 aromatic heterocycles. The summed E-state index contributed by atoms with van der Waals surface area (Å²) >= 11 is 0. The third kappa shape index (κ3) is 4.18. The summed E-state index contributed by atoms with van der Waals surface area (Å²) in [6.45, 7) is 13.2. The van der Waals surface area contributed by atoms with Crippen LogP contribution in [0.1, 0.15) is 52.7 Å². The Morgan fingerprint density at radius 2 is 1.00 bits per heavy atom. The molecule has 42 heavy (non-hydrogen) atoms. The Hall–Kier alpha value is -3.92. The molecule has 0 saturated carbocycles. The lowest BCUT2D eigenvalue weighted by atomic mass is 9.70. The van der Waals surface area contributed by atoms with Gasteiger partial charge in [0.05, 0.1) is 11.2 Å². The fraction of sp³-hybridized carbons (Fsp3) is 0.231. The molecule has 0 N–H and O–H groups in total. The molecule has 1 aliphatic carbocycles. The zero-order valence-electron chi connectivity index (χ0n) is 25.4. The summed E-state index contributed by atoms with van der Waals surface area (Å²) in [7, 11) is -0.498. The molecule has 0 unspecified atom stereocenters. The highest BCUT2D eigenvalue weighted by atomic mass is 16.7. The average molecular weight is 549 g/mol. The molecule has 1 saturated heterocycles. The Balaban J connectivity index is 1.52. The third-order valence-corrected chi connectivity index (χ3v) is 9.74. The van der Waals surface area contributed by atoms with Crippen LogP contribution in [0.15, 0.2) is 115 Å². The fourth-order valence-corrected chi connectivity index (χ4v) is 6.66. The van der Waals surface area contributed by atoms with Crippen molar-refractivity contribution in [2.45, 2.75) is 58.2 Å². The van der Waals surface area contributed by atoms with Gasteiger partial charge in [-0.25, -0.2) is 0 Å². The van der Waals surface area contributed by atoms with Gasteiger partial charge in [-0.1, -0.05) is 117 Å². The molecule has 5 aromatic carbocycles. The van der Waals surface area contributed by atoms with Crippen LogP contribution in [0.25, 0.3) is 44.5 Å². The average Bonchev–Trinajstić information content (AvgIpc) is 3.36. The van der Waals surface area contributed by atoms with E-state index in [1.807, 2.05) is 0 Å². The molecule has 208 valence electrons. The zero-order valence-corrected chi connectivity index (χ0v) is 25.4. The van der Waals surface area contributed by atoms with E-state index in [1.165, 1.54) is 38.9 Å². The third-order valence-electron chi connectivity index (χ3n) is 9.74. The van der Waals surface area contributed by atoms with Gasteiger partial charge >= 0.3 is 7.12 Å². The predicted molar refractivity (Wildman–Crippen MR) is 176 cm³/mol. The van der Waals surface area contributed by atoms with E-state index < -0.39 is 18.3 Å². The van der Waals surface area contributed by atoms with Crippen LogP contribution in [0.4, 0.5) is 0 Å². The standard InChI is InChI=1S/C39H37BO2/c1-37(2)33-20-14-13-19-30(33)32-23-28(21-22-34(32)37)31-24-29(26-15-9-7-10-16-26)25-35(36(31)27-17-11-8-12-18-27)40-41-38(3,4)39(5,6)42-40/h7-25H,1-6H3. The van der Waals surface area contributed by atoms with Gasteiger partial charge < -0.3 is 9.31 Å². The maximum Gasteiger partial charge on any atom is 0.495 e. The molecule has 5 aromatic rings. The van der Waals surface area contributed by atoms with Crippen LogP contribution < -0.4 is 5.46 Å². The molecular weight excluding hydrogens is 511 g/mol. The molecule has 1 heterocycles. The molecule has 1 aliphatic heterocycles. The van der Waals surface area contributed by atoms with Crippen LogP contribution in [0.2, 0.25) is 0 Å². The Bertz CT molecular complexity index is 1790. The van der Waals surface area contributed by atoms with Gasteiger partial charge in [0.25, 0.3) is 0 Å². The molecule has 1 fully saturated rings. The quantitative estimate of drug-likeness (QED) is 0.208. The van der Waals surface area contributed by atoms with Crippen molar-refractivity contribution in [1.29, 1.82) is 0 Å². The molecule has 2 aliphatic rings. The van der Waals surface area contributed by atoms with Crippen molar-refractivity contribution in [3.63, 3.8) is 0 Å². The van der Waals surface area contributed by atoms with E-state index in [0.717, 1.165) is 22.2 Å². The van der Waals surface area contributed by atoms with Gasteiger partial charge in [0.2, 0.25) is 0 Å². The summed E-state index contributed by atoms with van der Waals surface area (Å²) in [6.07, 6.45) is 0. The smallest absolute Gasteiger partial charge is 0.399 e. The van der Waals surface area contributed by atoms with Crippen LogP contribution in [-0.2, 0) is 14.7 Å². The summed E-state index contributed by atoms with van der Waals surface area (Å²) < 4.78 is 13.4. The number of fused-ring (bicyclic) bond motifs is 3. The Morgan fingerprint density at radius 3 is 1.67 bits per heavy atom. The summed E-state index contributed by atoms with van der Waals surface area (Å²) in [4.78, 5) is 0. The van der Waals surface area contributed by atoms with E-state index in [9.17, 15) is 0 Å². The van der Waals surface area contributed by atoms with Gasteiger partial charge in [-0.2, -0.15) is 0 Å². The monoisotopic (exact) mass is 548 g/mol. The van der Waals surface area contributed by atoms with Crippen molar-refractivity contribution in [3.8, 4) is 44.5 Å². The van der Waals surface area contributed by atoms with Crippen molar-refractivity contribution in [2.24, 2.45) is 0 Å². The molecule has 0 amide bonds. The Morgan fingerprint density at radius 1 is 0.452 bits per heavy atom. The minimum Gasteiger partial charge on any atom is -0.399 e. The lowest BCUT2D eigenvalue weighted by molar-refractivity contribution is 0.00578. The first-order chi connectivity index (χ1) is 20.1. The van der Waals surface area contributed by atoms with Crippen molar-refractivity contribution in [3.05, 3.63) is 126 Å². The molecule has 2 nitrogen and oxygen atoms in total. The zero-order chi connectivity index (χ0) is 29.3. The maximum atomic E-state index is 6.72. The second-order valence-corrected chi connectivity index (χ2v) is 13.2. The molecule has 3 heteroatoms. The summed E-state index contributed by atoms with van der Waals surface area (Å²) in [6, 6.07) is 41.8. The molecule has 0 radical (unpaired) electrons. The second kappa shape index (κ2) is 9.56. The van der Waals surface area contributed by atoms with E-state index >= 15 is 0 Å². The normalized spacial score (nSPS) is 17.6. The van der Waals surface area contributed by atoms with Gasteiger partial charge in [-0.3, -0.25) is 0 Å². The number of hydrogen-bond donors (Lipinski definition) is 0. The van der Waals surface area contributed by atoms with E-state index in [4.69, 9.17) is 9.31 Å². The highest BCUT2D eigenvalue weighted by molar-refractivity contribution is 6.64. The molecule has 0 spiro atoms. The number of hydrogen-bond acceptors (Lipinski definition) is 2. The minimum atomic E-state index is -0.498. The van der Waals surface area contributed by atoms with Crippen LogP contribution in [-0.4, -0.2) is 18.3 Å². The largest absolute Gasteiger partial charge is 0.495 e. The minimum absolute atomic E-state index is 0.0353. The Labute approximate surface area is 250 Å². The predicted octanol–water partition coefficient (Wildman–Crippen LogP) is 9.29. The number of benzene rings is 5. The lowest BCUT2D eigenvalue weighted by Crippen LogP contribution is -2.41. The van der Waals surface area contributed by atoms with Gasteiger partial charge in [0.15, 0.2) is 0 Å². The van der Waals surface area contributed by atoms with Crippen LogP contribution in [0, 0.1) is 0 Å². The van der Waals surface area contributed by atoms with Gasteiger partial charge in [-0.05, 0) is 101 Å². The van der Waals surface area contributed by atoms with Crippen molar-refractivity contribution < 1.29 is 9.31 Å². The Kier molecular flexibility index (Phi) is 6.13. The van der Waals surface area contributed by atoms with Crippen LogP contribution in [0.3, 0.4) is 0 Å². The van der Waals surface area contributed by atoms with Gasteiger partial charge in [0, 0.05) is 5.41 Å². The van der Waals surface area contributed by atoms with E-state index in [2.05, 4.69) is 157 Å². The van der Waals surface area contributed by atoms with Gasteiger partial charge in [-0.15, -0.1) is 0 Å². The van der Waals surface area contributed by atoms with E-state index in [-0.39, 0.29) is 5.41 Å². The van der Waals surface area contributed by atoms with Crippen LogP contribution >= 0.6 is 0 Å². The van der Waals surface area contributed by atoms with Crippen molar-refractivity contribution >= 4 is 12.6 Å². The molecule has 0 bridgehead atoms. The fourth-order valence-electron chi connectivity index (χ4n) is 6.66. The molecule has 7 rings (SSSR count). The lowest BCUT2D eigenvalue weighted by Gasteiger charge is -2.32. The van der Waals surface area contributed by atoms with Crippen molar-refractivity contribution in [2.75, 3.05) is 0 Å². The first-order valence-corrected chi connectivity index (χ1v) is 15.0. The first kappa shape index (κ1) is 27.0. The highest BCUT2D eigenvalue weighted by Crippen LogP contribution is 2.50. The van der Waals surface area contributed by atoms with Gasteiger partial charge in [0.1, 0.15) is 0 Å². The van der Waals surface area contributed by atoms with E-state index in [1.54, 1.807) is 0 Å². The summed E-state index contributed by atoms with van der Waals surface area (Å²) in [5, 5.41) is 0. The van der Waals surface area contributed by atoms with E-state index in [0.29, 0.717) is 0 Å². The molecular formula is C39H37BO2.